The highest BCUT2D eigenvalue weighted by Gasteiger charge is 2.07. The Morgan fingerprint density at radius 1 is 1.45 bits per heavy atom. The summed E-state index contributed by atoms with van der Waals surface area (Å²) in [5.41, 5.74) is 0.483. The zero-order chi connectivity index (χ0) is 8.43. The quantitative estimate of drug-likeness (QED) is 0.649. The van der Waals surface area contributed by atoms with Crippen LogP contribution in [-0.2, 0) is 0 Å². The molecular weight excluding hydrogens is 168 g/mol. The second-order valence-electron chi connectivity index (χ2n) is 1.95. The molecule has 4 nitrogen and oxygen atoms in total. The number of aromatic nitrogens is 2. The fourth-order valence-electron chi connectivity index (χ4n) is 0.658. The summed E-state index contributed by atoms with van der Waals surface area (Å²) in [6.07, 6.45) is 0. The molecule has 1 N–H and O–H groups in total. The van der Waals surface area contributed by atoms with Gasteiger partial charge in [0, 0.05) is 0 Å². The summed E-state index contributed by atoms with van der Waals surface area (Å²) >= 11 is 5.44. The number of nitrogens with zero attached hydrogens (tertiary/aromatic N) is 2. The zero-order valence-electron chi connectivity index (χ0n) is 6.13. The molecule has 0 atom stereocenters. The Labute approximate surface area is 68.8 Å². The lowest BCUT2D eigenvalue weighted by Crippen LogP contribution is -1.94. The SMILES string of the molecule is COc1nc(Cl)nc(O)c1C. The number of hydrogen-bond donors (Lipinski definition) is 1. The van der Waals surface area contributed by atoms with E-state index in [4.69, 9.17) is 21.4 Å². The van der Waals surface area contributed by atoms with Crippen molar-refractivity contribution in [2.24, 2.45) is 0 Å². The highest BCUT2D eigenvalue weighted by molar-refractivity contribution is 6.28. The molecule has 0 aromatic carbocycles. The van der Waals surface area contributed by atoms with Gasteiger partial charge >= 0.3 is 0 Å². The molecule has 1 rings (SSSR count). The summed E-state index contributed by atoms with van der Waals surface area (Å²) in [5.74, 6) is 0.143. The molecular formula is C6H7ClN2O2. The van der Waals surface area contributed by atoms with Crippen LogP contribution >= 0.6 is 11.6 Å². The van der Waals surface area contributed by atoms with Gasteiger partial charge in [0.05, 0.1) is 12.7 Å². The van der Waals surface area contributed by atoms with Crippen LogP contribution in [0.1, 0.15) is 5.56 Å². The van der Waals surface area contributed by atoms with Crippen LogP contribution in [0.15, 0.2) is 0 Å². The first-order valence-electron chi connectivity index (χ1n) is 2.92. The lowest BCUT2D eigenvalue weighted by atomic mass is 10.3. The largest absolute Gasteiger partial charge is 0.493 e. The van der Waals surface area contributed by atoms with Crippen LogP contribution < -0.4 is 4.74 Å². The van der Waals surface area contributed by atoms with Crippen molar-refractivity contribution >= 4 is 11.6 Å². The molecule has 0 bridgehead atoms. The van der Waals surface area contributed by atoms with E-state index in [1.807, 2.05) is 0 Å². The first-order valence-corrected chi connectivity index (χ1v) is 3.30. The third-order valence-corrected chi connectivity index (χ3v) is 1.41. The zero-order valence-corrected chi connectivity index (χ0v) is 6.88. The molecule has 1 aromatic rings. The monoisotopic (exact) mass is 174 g/mol. The molecule has 0 unspecified atom stereocenters. The van der Waals surface area contributed by atoms with Crippen LogP contribution in [0.3, 0.4) is 0 Å². The van der Waals surface area contributed by atoms with E-state index in [1.54, 1.807) is 6.92 Å². The number of rotatable bonds is 1. The number of halogens is 1. The maximum absolute atomic E-state index is 9.10. The van der Waals surface area contributed by atoms with Crippen LogP contribution in [-0.4, -0.2) is 22.2 Å². The lowest BCUT2D eigenvalue weighted by molar-refractivity contribution is 0.380. The van der Waals surface area contributed by atoms with Crippen molar-refractivity contribution in [3.05, 3.63) is 10.8 Å². The van der Waals surface area contributed by atoms with Gasteiger partial charge in [-0.25, -0.2) is 0 Å². The van der Waals surface area contributed by atoms with Crippen LogP contribution in [0, 0.1) is 6.92 Å². The Kier molecular flexibility index (Phi) is 2.14. The normalized spacial score (nSPS) is 9.73. The molecule has 0 spiro atoms. The van der Waals surface area contributed by atoms with Gasteiger partial charge in [0.2, 0.25) is 17.0 Å². The molecule has 0 saturated heterocycles. The fourth-order valence-corrected chi connectivity index (χ4v) is 0.815. The topological polar surface area (TPSA) is 55.2 Å². The molecule has 0 aliphatic carbocycles. The Balaban J connectivity index is 3.24. The number of methoxy groups -OCH3 is 1. The van der Waals surface area contributed by atoms with E-state index in [1.165, 1.54) is 7.11 Å². The van der Waals surface area contributed by atoms with Gasteiger partial charge < -0.3 is 9.84 Å². The molecule has 0 aliphatic heterocycles. The second kappa shape index (κ2) is 2.92. The molecule has 5 heteroatoms. The summed E-state index contributed by atoms with van der Waals surface area (Å²) in [4.78, 5) is 7.24. The van der Waals surface area contributed by atoms with Crippen LogP contribution in [0.25, 0.3) is 0 Å². The summed E-state index contributed by atoms with van der Waals surface area (Å²) in [6, 6.07) is 0. The van der Waals surface area contributed by atoms with Crippen molar-refractivity contribution < 1.29 is 9.84 Å². The third kappa shape index (κ3) is 1.51. The van der Waals surface area contributed by atoms with E-state index >= 15 is 0 Å². The van der Waals surface area contributed by atoms with Crippen LogP contribution in [0.4, 0.5) is 0 Å². The van der Waals surface area contributed by atoms with Gasteiger partial charge in [-0.05, 0) is 18.5 Å². The smallest absolute Gasteiger partial charge is 0.228 e. The predicted octanol–water partition coefficient (Wildman–Crippen LogP) is 1.15. The molecule has 1 aromatic heterocycles. The molecule has 1 heterocycles. The minimum Gasteiger partial charge on any atom is -0.493 e. The van der Waals surface area contributed by atoms with Gasteiger partial charge in [0.1, 0.15) is 0 Å². The Morgan fingerprint density at radius 3 is 2.64 bits per heavy atom. The average Bonchev–Trinajstić information content (AvgIpc) is 1.96. The van der Waals surface area contributed by atoms with Gasteiger partial charge in [-0.15, -0.1) is 0 Å². The lowest BCUT2D eigenvalue weighted by Gasteiger charge is -2.03. The maximum atomic E-state index is 9.10. The maximum Gasteiger partial charge on any atom is 0.228 e. The number of aromatic hydroxyl groups is 1. The molecule has 0 radical (unpaired) electrons. The molecule has 0 amide bonds. The Bertz CT molecular complexity index is 278. The third-order valence-electron chi connectivity index (χ3n) is 1.24. The molecule has 11 heavy (non-hydrogen) atoms. The van der Waals surface area contributed by atoms with Gasteiger partial charge in [0.15, 0.2) is 0 Å². The van der Waals surface area contributed by atoms with Gasteiger partial charge in [0.25, 0.3) is 0 Å². The standard InChI is InChI=1S/C6H7ClN2O2/c1-3-4(10)8-6(7)9-5(3)11-2/h1-2H3,(H,8,9,10). The fraction of sp³-hybridized carbons (Fsp3) is 0.333. The van der Waals surface area contributed by atoms with Crippen molar-refractivity contribution in [2.45, 2.75) is 6.92 Å². The highest BCUT2D eigenvalue weighted by Crippen LogP contribution is 2.23. The van der Waals surface area contributed by atoms with Crippen LogP contribution in [0.5, 0.6) is 11.8 Å². The average molecular weight is 175 g/mol. The first-order chi connectivity index (χ1) is 5.15. The van der Waals surface area contributed by atoms with Crippen molar-refractivity contribution in [3.63, 3.8) is 0 Å². The number of hydrogen-bond acceptors (Lipinski definition) is 4. The molecule has 0 aliphatic rings. The number of ether oxygens (including phenoxy) is 1. The molecule has 60 valence electrons. The van der Waals surface area contributed by atoms with Crippen molar-refractivity contribution in [2.75, 3.05) is 7.11 Å². The Morgan fingerprint density at radius 2 is 2.09 bits per heavy atom. The van der Waals surface area contributed by atoms with Gasteiger partial charge in [-0.2, -0.15) is 9.97 Å². The van der Waals surface area contributed by atoms with Crippen LogP contribution in [0.2, 0.25) is 5.28 Å². The van der Waals surface area contributed by atoms with Crippen molar-refractivity contribution in [1.29, 1.82) is 0 Å². The van der Waals surface area contributed by atoms with E-state index in [2.05, 4.69) is 9.97 Å². The summed E-state index contributed by atoms with van der Waals surface area (Å²) < 4.78 is 4.81. The predicted molar refractivity (Wildman–Crippen MR) is 40.0 cm³/mol. The molecule has 0 saturated carbocycles. The van der Waals surface area contributed by atoms with E-state index in [-0.39, 0.29) is 11.2 Å². The minimum atomic E-state index is -0.151. The summed E-state index contributed by atoms with van der Waals surface area (Å²) in [5, 5.41) is 9.07. The Hall–Kier alpha value is -1.03. The molecule has 0 fully saturated rings. The minimum absolute atomic E-state index is 0.0232. The summed E-state index contributed by atoms with van der Waals surface area (Å²) in [7, 11) is 1.45. The van der Waals surface area contributed by atoms with E-state index in [0.717, 1.165) is 0 Å². The first kappa shape index (κ1) is 8.07. The highest BCUT2D eigenvalue weighted by atomic mass is 35.5. The van der Waals surface area contributed by atoms with Crippen molar-refractivity contribution in [1.82, 2.24) is 9.97 Å². The van der Waals surface area contributed by atoms with E-state index < -0.39 is 0 Å². The summed E-state index contributed by atoms with van der Waals surface area (Å²) in [6.45, 7) is 1.64. The van der Waals surface area contributed by atoms with E-state index in [9.17, 15) is 0 Å². The van der Waals surface area contributed by atoms with Gasteiger partial charge in [-0.1, -0.05) is 0 Å². The van der Waals surface area contributed by atoms with Crippen molar-refractivity contribution in [3.8, 4) is 11.8 Å². The second-order valence-corrected chi connectivity index (χ2v) is 2.29. The van der Waals surface area contributed by atoms with E-state index in [0.29, 0.717) is 11.4 Å². The van der Waals surface area contributed by atoms with Gasteiger partial charge in [-0.3, -0.25) is 0 Å².